The van der Waals surface area contributed by atoms with E-state index in [9.17, 15) is 0 Å². The third-order valence-electron chi connectivity index (χ3n) is 3.71. The second-order valence-electron chi connectivity index (χ2n) is 4.81. The summed E-state index contributed by atoms with van der Waals surface area (Å²) in [6.45, 7) is 7.39. The Morgan fingerprint density at radius 2 is 1.89 bits per heavy atom. The van der Waals surface area contributed by atoms with E-state index in [0.29, 0.717) is 6.04 Å². The molecule has 0 aliphatic heterocycles. The number of ether oxygens (including phenoxy) is 1. The predicted molar refractivity (Wildman–Crippen MR) is 78.3 cm³/mol. The molecule has 0 spiro atoms. The van der Waals surface area contributed by atoms with E-state index < -0.39 is 0 Å². The van der Waals surface area contributed by atoms with Crippen molar-refractivity contribution in [2.24, 2.45) is 0 Å². The lowest BCUT2D eigenvalue weighted by Gasteiger charge is -2.36. The number of hydrogen-bond acceptors (Lipinski definition) is 2. The molecule has 0 saturated carbocycles. The molecular formula is C15H24ClNO. The zero-order chi connectivity index (χ0) is 13.6. The minimum absolute atomic E-state index is 0.143. The van der Waals surface area contributed by atoms with E-state index in [1.807, 2.05) is 12.1 Å². The number of hydrogen-bond donors (Lipinski definition) is 1. The molecule has 1 N–H and O–H groups in total. The Balaban J connectivity index is 2.82. The molecule has 2 unspecified atom stereocenters. The standard InChI is InChI=1S/C15H24ClNO/c1-5-15(3,18-4)14(17-6-2)11-12-7-9-13(16)10-8-12/h7-10,14,17H,5-6,11H2,1-4H3. The average Bonchev–Trinajstić information content (AvgIpc) is 2.40. The van der Waals surface area contributed by atoms with Gasteiger partial charge >= 0.3 is 0 Å². The maximum absolute atomic E-state index is 5.91. The monoisotopic (exact) mass is 269 g/mol. The lowest BCUT2D eigenvalue weighted by molar-refractivity contribution is -0.0283. The number of methoxy groups -OCH3 is 1. The summed E-state index contributed by atoms with van der Waals surface area (Å²) in [4.78, 5) is 0. The Kier molecular flexibility index (Phi) is 6.13. The molecule has 1 rings (SSSR count). The molecule has 102 valence electrons. The topological polar surface area (TPSA) is 21.3 Å². The van der Waals surface area contributed by atoms with E-state index in [4.69, 9.17) is 16.3 Å². The van der Waals surface area contributed by atoms with E-state index >= 15 is 0 Å². The maximum Gasteiger partial charge on any atom is 0.0803 e. The maximum atomic E-state index is 5.91. The first-order valence-electron chi connectivity index (χ1n) is 6.58. The second-order valence-corrected chi connectivity index (χ2v) is 5.25. The van der Waals surface area contributed by atoms with Gasteiger partial charge in [-0.3, -0.25) is 0 Å². The minimum Gasteiger partial charge on any atom is -0.377 e. The average molecular weight is 270 g/mol. The lowest BCUT2D eigenvalue weighted by atomic mass is 9.88. The van der Waals surface area contributed by atoms with Crippen LogP contribution in [0.25, 0.3) is 0 Å². The van der Waals surface area contributed by atoms with Gasteiger partial charge in [-0.25, -0.2) is 0 Å². The van der Waals surface area contributed by atoms with E-state index in [-0.39, 0.29) is 5.60 Å². The van der Waals surface area contributed by atoms with Gasteiger partial charge in [-0.2, -0.15) is 0 Å². The molecule has 18 heavy (non-hydrogen) atoms. The quantitative estimate of drug-likeness (QED) is 0.815. The number of nitrogens with one attached hydrogen (secondary N) is 1. The van der Waals surface area contributed by atoms with Crippen molar-refractivity contribution in [1.82, 2.24) is 5.32 Å². The minimum atomic E-state index is -0.143. The van der Waals surface area contributed by atoms with Gasteiger partial charge in [0.05, 0.1) is 5.60 Å². The van der Waals surface area contributed by atoms with Crippen LogP contribution in [0.15, 0.2) is 24.3 Å². The number of rotatable bonds is 7. The van der Waals surface area contributed by atoms with Crippen LogP contribution < -0.4 is 5.32 Å². The molecular weight excluding hydrogens is 246 g/mol. The highest BCUT2D eigenvalue weighted by Crippen LogP contribution is 2.23. The van der Waals surface area contributed by atoms with Crippen LogP contribution in [0.3, 0.4) is 0 Å². The second kappa shape index (κ2) is 7.13. The molecule has 0 aliphatic rings. The molecule has 0 aromatic heterocycles. The summed E-state index contributed by atoms with van der Waals surface area (Å²) in [7, 11) is 1.79. The van der Waals surface area contributed by atoms with Gasteiger partial charge in [0, 0.05) is 18.2 Å². The zero-order valence-corrected chi connectivity index (χ0v) is 12.6. The van der Waals surface area contributed by atoms with Crippen LogP contribution in [0, 0.1) is 0 Å². The Bertz CT molecular complexity index is 346. The van der Waals surface area contributed by atoms with E-state index in [1.165, 1.54) is 5.56 Å². The normalized spacial score (nSPS) is 16.3. The van der Waals surface area contributed by atoms with E-state index in [0.717, 1.165) is 24.4 Å². The SMILES string of the molecule is CCNC(Cc1ccc(Cl)cc1)C(C)(CC)OC. The lowest BCUT2D eigenvalue weighted by Crippen LogP contribution is -2.51. The van der Waals surface area contributed by atoms with Crippen molar-refractivity contribution in [2.45, 2.75) is 45.3 Å². The fraction of sp³-hybridized carbons (Fsp3) is 0.600. The van der Waals surface area contributed by atoms with Gasteiger partial charge in [0.1, 0.15) is 0 Å². The molecule has 1 aromatic carbocycles. The van der Waals surface area contributed by atoms with Crippen molar-refractivity contribution in [3.63, 3.8) is 0 Å². The molecule has 2 nitrogen and oxygen atoms in total. The summed E-state index contributed by atoms with van der Waals surface area (Å²) >= 11 is 5.91. The van der Waals surface area contributed by atoms with Crippen molar-refractivity contribution < 1.29 is 4.74 Å². The molecule has 3 heteroatoms. The van der Waals surface area contributed by atoms with Crippen LogP contribution in [0.5, 0.6) is 0 Å². The van der Waals surface area contributed by atoms with Gasteiger partial charge in [0.2, 0.25) is 0 Å². The van der Waals surface area contributed by atoms with Gasteiger partial charge in [-0.05, 0) is 44.0 Å². The fourth-order valence-electron chi connectivity index (χ4n) is 2.14. The van der Waals surface area contributed by atoms with E-state index in [1.54, 1.807) is 7.11 Å². The van der Waals surface area contributed by atoms with Crippen molar-refractivity contribution >= 4 is 11.6 Å². The van der Waals surface area contributed by atoms with Gasteiger partial charge in [-0.1, -0.05) is 37.6 Å². The van der Waals surface area contributed by atoms with Crippen LogP contribution in [0.4, 0.5) is 0 Å². The molecule has 1 aromatic rings. The largest absolute Gasteiger partial charge is 0.377 e. The van der Waals surface area contributed by atoms with Crippen molar-refractivity contribution in [1.29, 1.82) is 0 Å². The number of halogens is 1. The molecule has 0 amide bonds. The van der Waals surface area contributed by atoms with Crippen molar-refractivity contribution in [3.8, 4) is 0 Å². The highest BCUT2D eigenvalue weighted by molar-refractivity contribution is 6.30. The summed E-state index contributed by atoms with van der Waals surface area (Å²) in [5.74, 6) is 0. The third kappa shape index (κ3) is 3.98. The summed E-state index contributed by atoms with van der Waals surface area (Å²) < 4.78 is 5.71. The first kappa shape index (κ1) is 15.5. The van der Waals surface area contributed by atoms with Crippen LogP contribution in [0.1, 0.15) is 32.8 Å². The third-order valence-corrected chi connectivity index (χ3v) is 3.96. The first-order chi connectivity index (χ1) is 8.55. The molecule has 0 fully saturated rings. The van der Waals surface area contributed by atoms with Gasteiger partial charge in [0.15, 0.2) is 0 Å². The Hall–Kier alpha value is -0.570. The molecule has 0 aliphatic carbocycles. The van der Waals surface area contributed by atoms with Crippen molar-refractivity contribution in [2.75, 3.05) is 13.7 Å². The molecule has 0 heterocycles. The van der Waals surface area contributed by atoms with Crippen LogP contribution in [0.2, 0.25) is 5.02 Å². The Labute approximate surface area is 116 Å². The van der Waals surface area contributed by atoms with Gasteiger partial charge in [-0.15, -0.1) is 0 Å². The zero-order valence-electron chi connectivity index (χ0n) is 11.8. The van der Waals surface area contributed by atoms with E-state index in [2.05, 4.69) is 38.2 Å². The van der Waals surface area contributed by atoms with Crippen LogP contribution in [-0.2, 0) is 11.2 Å². The highest BCUT2D eigenvalue weighted by Gasteiger charge is 2.31. The summed E-state index contributed by atoms with van der Waals surface area (Å²) in [6.07, 6.45) is 1.93. The fourth-order valence-corrected chi connectivity index (χ4v) is 2.27. The van der Waals surface area contributed by atoms with Crippen molar-refractivity contribution in [3.05, 3.63) is 34.9 Å². The van der Waals surface area contributed by atoms with Crippen LogP contribution >= 0.6 is 11.6 Å². The predicted octanol–water partition coefficient (Wildman–Crippen LogP) is 3.68. The van der Waals surface area contributed by atoms with Gasteiger partial charge < -0.3 is 10.1 Å². The summed E-state index contributed by atoms with van der Waals surface area (Å²) in [6, 6.07) is 8.35. The molecule has 0 saturated heterocycles. The Morgan fingerprint density at radius 1 is 1.28 bits per heavy atom. The number of benzene rings is 1. The molecule has 0 radical (unpaired) electrons. The van der Waals surface area contributed by atoms with Crippen LogP contribution in [-0.4, -0.2) is 25.3 Å². The summed E-state index contributed by atoms with van der Waals surface area (Å²) in [5, 5.41) is 4.31. The smallest absolute Gasteiger partial charge is 0.0803 e. The summed E-state index contributed by atoms with van der Waals surface area (Å²) in [5.41, 5.74) is 1.14. The number of likely N-dealkylation sites (N-methyl/N-ethyl adjacent to an activating group) is 1. The highest BCUT2D eigenvalue weighted by atomic mass is 35.5. The van der Waals surface area contributed by atoms with Gasteiger partial charge in [0.25, 0.3) is 0 Å². The first-order valence-corrected chi connectivity index (χ1v) is 6.96. The Morgan fingerprint density at radius 3 is 2.33 bits per heavy atom. The molecule has 0 bridgehead atoms. The molecule has 2 atom stereocenters.